The predicted molar refractivity (Wildman–Crippen MR) is 93.9 cm³/mol. The summed E-state index contributed by atoms with van der Waals surface area (Å²) < 4.78 is 20.1. The number of nitrogens with zero attached hydrogens (tertiary/aromatic N) is 2. The Bertz CT molecular complexity index is 888. The normalized spacial score (nSPS) is 10.5. The Labute approximate surface area is 145 Å². The first kappa shape index (κ1) is 16.7. The topological polar surface area (TPSA) is 56.1 Å². The molecule has 0 aliphatic rings. The predicted octanol–water partition coefficient (Wildman–Crippen LogP) is 3.42. The van der Waals surface area contributed by atoms with E-state index in [-0.39, 0.29) is 18.1 Å². The lowest BCUT2D eigenvalue weighted by atomic mass is 10.1. The van der Waals surface area contributed by atoms with Gasteiger partial charge in [-0.15, -0.1) is 0 Å². The average molecular weight is 339 g/mol. The van der Waals surface area contributed by atoms with E-state index < -0.39 is 0 Å². The van der Waals surface area contributed by atoms with Crippen LogP contribution in [0.5, 0.6) is 5.75 Å². The van der Waals surface area contributed by atoms with Gasteiger partial charge in [0.2, 0.25) is 5.91 Å². The van der Waals surface area contributed by atoms with Gasteiger partial charge in [0.25, 0.3) is 0 Å². The molecule has 3 rings (SSSR count). The molecule has 1 N–H and O–H groups in total. The van der Waals surface area contributed by atoms with Crippen LogP contribution < -0.4 is 10.1 Å². The zero-order chi connectivity index (χ0) is 17.8. The molecule has 1 amide bonds. The van der Waals surface area contributed by atoms with Gasteiger partial charge in [0.15, 0.2) is 0 Å². The van der Waals surface area contributed by atoms with Gasteiger partial charge in [-0.05, 0) is 30.3 Å². The minimum atomic E-state index is -0.318. The van der Waals surface area contributed by atoms with Gasteiger partial charge in [-0.3, -0.25) is 4.79 Å². The molecule has 0 bridgehead atoms. The molecule has 3 aromatic rings. The molecule has 128 valence electrons. The first-order valence-electron chi connectivity index (χ1n) is 7.77. The van der Waals surface area contributed by atoms with E-state index in [0.717, 1.165) is 11.1 Å². The molecule has 0 aliphatic carbocycles. The van der Waals surface area contributed by atoms with Crippen LogP contribution in [0.1, 0.15) is 5.56 Å². The standard InChI is InChI=1S/C19H18FN3O2/c1-23-12-21-18(13-7-9-15(20)10-8-13)19(23)22-17(24)11-14-5-3-4-6-16(14)25-2/h3-10,12H,11H2,1-2H3,(H,22,24). The molecular formula is C19H18FN3O2. The van der Waals surface area contributed by atoms with Crippen molar-refractivity contribution in [3.05, 3.63) is 66.2 Å². The summed E-state index contributed by atoms with van der Waals surface area (Å²) in [4.78, 5) is 16.8. The third-order valence-corrected chi connectivity index (χ3v) is 3.86. The molecule has 0 saturated heterocycles. The maximum Gasteiger partial charge on any atom is 0.230 e. The van der Waals surface area contributed by atoms with Crippen LogP contribution in [0.2, 0.25) is 0 Å². The monoisotopic (exact) mass is 339 g/mol. The molecule has 25 heavy (non-hydrogen) atoms. The molecular weight excluding hydrogens is 321 g/mol. The average Bonchev–Trinajstić information content (AvgIpc) is 2.97. The van der Waals surface area contributed by atoms with Crippen molar-refractivity contribution in [3.63, 3.8) is 0 Å². The number of anilines is 1. The number of benzene rings is 2. The Morgan fingerprint density at radius 3 is 2.64 bits per heavy atom. The van der Waals surface area contributed by atoms with Crippen molar-refractivity contribution in [1.82, 2.24) is 9.55 Å². The number of imidazole rings is 1. The molecule has 2 aromatic carbocycles. The van der Waals surface area contributed by atoms with E-state index in [1.165, 1.54) is 12.1 Å². The summed E-state index contributed by atoms with van der Waals surface area (Å²) in [5.41, 5.74) is 2.12. The van der Waals surface area contributed by atoms with Crippen molar-refractivity contribution in [1.29, 1.82) is 0 Å². The van der Waals surface area contributed by atoms with Crippen molar-refractivity contribution in [2.24, 2.45) is 7.05 Å². The van der Waals surface area contributed by atoms with Gasteiger partial charge in [-0.2, -0.15) is 0 Å². The number of ether oxygens (including phenoxy) is 1. The first-order chi connectivity index (χ1) is 12.1. The summed E-state index contributed by atoms with van der Waals surface area (Å²) in [5.74, 6) is 0.728. The highest BCUT2D eigenvalue weighted by Crippen LogP contribution is 2.27. The Kier molecular flexibility index (Phi) is 4.79. The van der Waals surface area contributed by atoms with Crippen LogP contribution in [-0.4, -0.2) is 22.6 Å². The molecule has 0 fully saturated rings. The number of carbonyl (C=O) groups is 1. The number of nitrogens with one attached hydrogen (secondary N) is 1. The Morgan fingerprint density at radius 1 is 1.20 bits per heavy atom. The van der Waals surface area contributed by atoms with Gasteiger partial charge in [0, 0.05) is 18.2 Å². The molecule has 5 nitrogen and oxygen atoms in total. The summed E-state index contributed by atoms with van der Waals surface area (Å²) in [6.07, 6.45) is 1.79. The van der Waals surface area contributed by atoms with Crippen molar-refractivity contribution in [2.75, 3.05) is 12.4 Å². The van der Waals surface area contributed by atoms with E-state index in [2.05, 4.69) is 10.3 Å². The highest BCUT2D eigenvalue weighted by Gasteiger charge is 2.15. The summed E-state index contributed by atoms with van der Waals surface area (Å²) >= 11 is 0. The first-order valence-corrected chi connectivity index (χ1v) is 7.77. The summed E-state index contributed by atoms with van der Waals surface area (Å²) in [5, 5.41) is 2.88. The van der Waals surface area contributed by atoms with E-state index in [9.17, 15) is 9.18 Å². The molecule has 1 heterocycles. The lowest BCUT2D eigenvalue weighted by Crippen LogP contribution is -2.17. The molecule has 0 radical (unpaired) electrons. The fourth-order valence-corrected chi connectivity index (χ4v) is 2.59. The largest absolute Gasteiger partial charge is 0.496 e. The zero-order valence-electron chi connectivity index (χ0n) is 14.0. The maximum absolute atomic E-state index is 13.1. The third kappa shape index (κ3) is 3.68. The van der Waals surface area contributed by atoms with Crippen LogP contribution >= 0.6 is 0 Å². The number of hydrogen-bond donors (Lipinski definition) is 1. The highest BCUT2D eigenvalue weighted by atomic mass is 19.1. The number of rotatable bonds is 5. The number of methoxy groups -OCH3 is 1. The second-order valence-electron chi connectivity index (χ2n) is 5.60. The second-order valence-corrected chi connectivity index (χ2v) is 5.60. The Hall–Kier alpha value is -3.15. The molecule has 0 atom stereocenters. The lowest BCUT2D eigenvalue weighted by Gasteiger charge is -2.11. The number of hydrogen-bond acceptors (Lipinski definition) is 3. The third-order valence-electron chi connectivity index (χ3n) is 3.86. The molecule has 0 unspecified atom stereocenters. The van der Waals surface area contributed by atoms with Crippen molar-refractivity contribution in [3.8, 4) is 17.0 Å². The van der Waals surface area contributed by atoms with Gasteiger partial charge in [0.1, 0.15) is 23.1 Å². The van der Waals surface area contributed by atoms with Crippen LogP contribution in [0.15, 0.2) is 54.9 Å². The quantitative estimate of drug-likeness (QED) is 0.775. The SMILES string of the molecule is COc1ccccc1CC(=O)Nc1c(-c2ccc(F)cc2)ncn1C. The van der Waals surface area contributed by atoms with Crippen LogP contribution in [0.4, 0.5) is 10.2 Å². The highest BCUT2D eigenvalue weighted by molar-refractivity contribution is 5.95. The van der Waals surface area contributed by atoms with Crippen molar-refractivity contribution in [2.45, 2.75) is 6.42 Å². The lowest BCUT2D eigenvalue weighted by molar-refractivity contribution is -0.115. The van der Waals surface area contributed by atoms with Crippen LogP contribution in [0.25, 0.3) is 11.3 Å². The van der Waals surface area contributed by atoms with E-state index in [4.69, 9.17) is 4.74 Å². The van der Waals surface area contributed by atoms with Crippen molar-refractivity contribution < 1.29 is 13.9 Å². The van der Waals surface area contributed by atoms with Crippen LogP contribution in [0, 0.1) is 5.82 Å². The number of carbonyl (C=O) groups excluding carboxylic acids is 1. The second kappa shape index (κ2) is 7.17. The van der Waals surface area contributed by atoms with E-state index in [1.807, 2.05) is 24.3 Å². The Balaban J connectivity index is 1.82. The van der Waals surface area contributed by atoms with Gasteiger partial charge in [0.05, 0.1) is 19.9 Å². The molecule has 1 aromatic heterocycles. The van der Waals surface area contributed by atoms with Gasteiger partial charge >= 0.3 is 0 Å². The number of halogens is 1. The summed E-state index contributed by atoms with van der Waals surface area (Å²) in [6.45, 7) is 0. The fourth-order valence-electron chi connectivity index (χ4n) is 2.59. The fraction of sp³-hybridized carbons (Fsp3) is 0.158. The molecule has 0 spiro atoms. The molecule has 6 heteroatoms. The summed E-state index contributed by atoms with van der Waals surface area (Å²) in [6, 6.07) is 13.4. The molecule has 0 saturated carbocycles. The van der Waals surface area contributed by atoms with Crippen LogP contribution in [-0.2, 0) is 18.3 Å². The van der Waals surface area contributed by atoms with E-state index in [1.54, 1.807) is 37.2 Å². The number of aryl methyl sites for hydroxylation is 1. The number of aromatic nitrogens is 2. The zero-order valence-corrected chi connectivity index (χ0v) is 14.0. The molecule has 0 aliphatic heterocycles. The van der Waals surface area contributed by atoms with Gasteiger partial charge in [-0.1, -0.05) is 18.2 Å². The Morgan fingerprint density at radius 2 is 1.92 bits per heavy atom. The van der Waals surface area contributed by atoms with Crippen molar-refractivity contribution >= 4 is 11.7 Å². The van der Waals surface area contributed by atoms with Gasteiger partial charge in [-0.25, -0.2) is 9.37 Å². The minimum Gasteiger partial charge on any atom is -0.496 e. The smallest absolute Gasteiger partial charge is 0.230 e. The number of amides is 1. The van der Waals surface area contributed by atoms with Gasteiger partial charge < -0.3 is 14.6 Å². The maximum atomic E-state index is 13.1. The van der Waals surface area contributed by atoms with E-state index in [0.29, 0.717) is 17.3 Å². The summed E-state index contributed by atoms with van der Waals surface area (Å²) in [7, 11) is 3.36. The van der Waals surface area contributed by atoms with Crippen LogP contribution in [0.3, 0.4) is 0 Å². The van der Waals surface area contributed by atoms with E-state index >= 15 is 0 Å². The minimum absolute atomic E-state index is 0.179. The number of para-hydroxylation sites is 1.